The van der Waals surface area contributed by atoms with Crippen molar-refractivity contribution < 1.29 is 5.11 Å². The van der Waals surface area contributed by atoms with Crippen LogP contribution in [-0.4, -0.2) is 29.3 Å². The summed E-state index contributed by atoms with van der Waals surface area (Å²) in [7, 11) is 0. The molecule has 18 heavy (non-hydrogen) atoms. The van der Waals surface area contributed by atoms with Gasteiger partial charge in [0, 0.05) is 12.2 Å². The van der Waals surface area contributed by atoms with Crippen molar-refractivity contribution in [3.05, 3.63) is 22.9 Å². The third-order valence-corrected chi connectivity index (χ3v) is 4.01. The highest BCUT2D eigenvalue weighted by atomic mass is 16.3. The SMILES string of the molecule is N#Cc1cc2c(nc1N1CCCC1CO)CCC2. The van der Waals surface area contributed by atoms with Gasteiger partial charge in [-0.25, -0.2) is 4.98 Å². The van der Waals surface area contributed by atoms with E-state index in [9.17, 15) is 10.4 Å². The maximum atomic E-state index is 9.40. The number of nitrogens with zero attached hydrogens (tertiary/aromatic N) is 3. The van der Waals surface area contributed by atoms with Crippen LogP contribution in [0.3, 0.4) is 0 Å². The molecule has 1 atom stereocenters. The summed E-state index contributed by atoms with van der Waals surface area (Å²) in [6, 6.07) is 4.39. The van der Waals surface area contributed by atoms with Gasteiger partial charge in [-0.3, -0.25) is 0 Å². The summed E-state index contributed by atoms with van der Waals surface area (Å²) in [5.74, 6) is 0.787. The van der Waals surface area contributed by atoms with Crippen molar-refractivity contribution in [2.24, 2.45) is 0 Å². The Labute approximate surface area is 107 Å². The van der Waals surface area contributed by atoms with Gasteiger partial charge < -0.3 is 10.0 Å². The van der Waals surface area contributed by atoms with Crippen LogP contribution in [0.15, 0.2) is 6.07 Å². The molecule has 0 radical (unpaired) electrons. The molecule has 0 bridgehead atoms. The van der Waals surface area contributed by atoms with E-state index >= 15 is 0 Å². The average molecular weight is 243 g/mol. The Morgan fingerprint density at radius 2 is 2.33 bits per heavy atom. The maximum Gasteiger partial charge on any atom is 0.147 e. The topological polar surface area (TPSA) is 60.2 Å². The van der Waals surface area contributed by atoms with E-state index in [0.29, 0.717) is 5.56 Å². The molecule has 0 amide bonds. The largest absolute Gasteiger partial charge is 0.394 e. The molecule has 1 aromatic heterocycles. The zero-order chi connectivity index (χ0) is 12.5. The second-order valence-corrected chi connectivity index (χ2v) is 5.10. The number of aromatic nitrogens is 1. The number of anilines is 1. The summed E-state index contributed by atoms with van der Waals surface area (Å²) in [6.45, 7) is 1.04. The number of hydrogen-bond donors (Lipinski definition) is 1. The van der Waals surface area contributed by atoms with Crippen molar-refractivity contribution in [2.45, 2.75) is 38.1 Å². The van der Waals surface area contributed by atoms with Crippen LogP contribution in [0.1, 0.15) is 36.1 Å². The van der Waals surface area contributed by atoms with Crippen LogP contribution in [0.25, 0.3) is 0 Å². The van der Waals surface area contributed by atoms with Crippen LogP contribution in [-0.2, 0) is 12.8 Å². The molecule has 1 aliphatic carbocycles. The Balaban J connectivity index is 2.03. The normalized spacial score (nSPS) is 22.0. The Kier molecular flexibility index (Phi) is 2.92. The quantitative estimate of drug-likeness (QED) is 0.853. The van der Waals surface area contributed by atoms with Gasteiger partial charge in [0.1, 0.15) is 11.9 Å². The molecule has 0 spiro atoms. The summed E-state index contributed by atoms with van der Waals surface area (Å²) < 4.78 is 0. The van der Waals surface area contributed by atoms with Crippen LogP contribution in [0.4, 0.5) is 5.82 Å². The highest BCUT2D eigenvalue weighted by Gasteiger charge is 2.28. The monoisotopic (exact) mass is 243 g/mol. The molecule has 1 N–H and O–H groups in total. The lowest BCUT2D eigenvalue weighted by Crippen LogP contribution is -2.33. The minimum Gasteiger partial charge on any atom is -0.394 e. The fraction of sp³-hybridized carbons (Fsp3) is 0.571. The molecule has 4 heteroatoms. The molecule has 2 heterocycles. The zero-order valence-electron chi connectivity index (χ0n) is 10.4. The molecule has 0 saturated carbocycles. The predicted molar refractivity (Wildman–Crippen MR) is 68.4 cm³/mol. The minimum atomic E-state index is 0.129. The van der Waals surface area contributed by atoms with Gasteiger partial charge in [0.25, 0.3) is 0 Å². The summed E-state index contributed by atoms with van der Waals surface area (Å²) >= 11 is 0. The minimum absolute atomic E-state index is 0.129. The molecule has 1 unspecified atom stereocenters. The molecule has 4 nitrogen and oxygen atoms in total. The highest BCUT2D eigenvalue weighted by molar-refractivity contribution is 5.58. The van der Waals surface area contributed by atoms with E-state index in [4.69, 9.17) is 4.98 Å². The first kappa shape index (κ1) is 11.5. The second kappa shape index (κ2) is 4.58. The van der Waals surface area contributed by atoms with Gasteiger partial charge in [-0.1, -0.05) is 0 Å². The lowest BCUT2D eigenvalue weighted by molar-refractivity contribution is 0.266. The van der Waals surface area contributed by atoms with E-state index < -0.39 is 0 Å². The predicted octanol–water partition coefficient (Wildman–Crippen LogP) is 1.40. The van der Waals surface area contributed by atoms with Crippen LogP contribution in [0.5, 0.6) is 0 Å². The molecule has 0 aromatic carbocycles. The number of aliphatic hydroxyl groups is 1. The van der Waals surface area contributed by atoms with Crippen molar-refractivity contribution >= 4 is 5.82 Å². The van der Waals surface area contributed by atoms with E-state index in [2.05, 4.69) is 11.0 Å². The van der Waals surface area contributed by atoms with Crippen molar-refractivity contribution in [1.82, 2.24) is 4.98 Å². The van der Waals surface area contributed by atoms with E-state index in [1.807, 2.05) is 6.07 Å². The van der Waals surface area contributed by atoms with Crippen LogP contribution in [0.2, 0.25) is 0 Å². The summed E-state index contributed by atoms with van der Waals surface area (Å²) in [5.41, 5.74) is 3.04. The van der Waals surface area contributed by atoms with Crippen LogP contribution in [0, 0.1) is 11.3 Å². The molecule has 1 aliphatic heterocycles. The third-order valence-electron chi connectivity index (χ3n) is 4.01. The van der Waals surface area contributed by atoms with Crippen LogP contribution < -0.4 is 4.90 Å². The first-order valence-electron chi connectivity index (χ1n) is 6.64. The number of fused-ring (bicyclic) bond motifs is 1. The number of nitriles is 1. The molecule has 1 aromatic rings. The Morgan fingerprint density at radius 1 is 1.44 bits per heavy atom. The van der Waals surface area contributed by atoms with Gasteiger partial charge in [0.05, 0.1) is 18.2 Å². The maximum absolute atomic E-state index is 9.40. The highest BCUT2D eigenvalue weighted by Crippen LogP contribution is 2.31. The van der Waals surface area contributed by atoms with Crippen molar-refractivity contribution in [3.63, 3.8) is 0 Å². The molecule has 3 rings (SSSR count). The van der Waals surface area contributed by atoms with Gasteiger partial charge in [-0.2, -0.15) is 5.26 Å². The second-order valence-electron chi connectivity index (χ2n) is 5.10. The van der Waals surface area contributed by atoms with Gasteiger partial charge >= 0.3 is 0 Å². The van der Waals surface area contributed by atoms with Gasteiger partial charge in [-0.15, -0.1) is 0 Å². The van der Waals surface area contributed by atoms with Gasteiger partial charge in [0.15, 0.2) is 0 Å². The van der Waals surface area contributed by atoms with E-state index in [-0.39, 0.29) is 12.6 Å². The Morgan fingerprint density at radius 3 is 3.11 bits per heavy atom. The lowest BCUT2D eigenvalue weighted by Gasteiger charge is -2.25. The first-order chi connectivity index (χ1) is 8.83. The fourth-order valence-electron chi connectivity index (χ4n) is 3.07. The van der Waals surface area contributed by atoms with Gasteiger partial charge in [0.2, 0.25) is 0 Å². The molecule has 1 fully saturated rings. The Hall–Kier alpha value is -1.60. The lowest BCUT2D eigenvalue weighted by atomic mass is 10.1. The number of aryl methyl sites for hydroxylation is 2. The number of rotatable bonds is 2. The van der Waals surface area contributed by atoms with E-state index in [0.717, 1.165) is 50.2 Å². The fourth-order valence-corrected chi connectivity index (χ4v) is 3.07. The van der Waals surface area contributed by atoms with E-state index in [1.165, 1.54) is 5.56 Å². The summed E-state index contributed by atoms with van der Waals surface area (Å²) in [6.07, 6.45) is 5.25. The number of aliphatic hydroxyl groups excluding tert-OH is 1. The molecule has 2 aliphatic rings. The number of pyridine rings is 1. The standard InChI is InChI=1S/C14H17N3O/c15-8-11-7-10-3-1-5-13(10)16-14(11)17-6-2-4-12(17)9-18/h7,12,18H,1-6,9H2. The average Bonchev–Trinajstić information content (AvgIpc) is 3.04. The summed E-state index contributed by atoms with van der Waals surface area (Å²) in [5, 5.41) is 18.7. The summed E-state index contributed by atoms with van der Waals surface area (Å²) in [4.78, 5) is 6.80. The Bertz CT molecular complexity index is 506. The van der Waals surface area contributed by atoms with E-state index in [1.54, 1.807) is 0 Å². The van der Waals surface area contributed by atoms with Crippen molar-refractivity contribution in [1.29, 1.82) is 5.26 Å². The van der Waals surface area contributed by atoms with Crippen LogP contribution >= 0.6 is 0 Å². The molecular weight excluding hydrogens is 226 g/mol. The molecule has 94 valence electrons. The van der Waals surface area contributed by atoms with Gasteiger partial charge in [-0.05, 0) is 43.7 Å². The first-order valence-corrected chi connectivity index (χ1v) is 6.64. The van der Waals surface area contributed by atoms with Crippen molar-refractivity contribution in [2.75, 3.05) is 18.1 Å². The molecule has 1 saturated heterocycles. The number of hydrogen-bond acceptors (Lipinski definition) is 4. The molecular formula is C14H17N3O. The zero-order valence-corrected chi connectivity index (χ0v) is 10.4. The van der Waals surface area contributed by atoms with Crippen molar-refractivity contribution in [3.8, 4) is 6.07 Å². The smallest absolute Gasteiger partial charge is 0.147 e. The third kappa shape index (κ3) is 1.75.